The minimum atomic E-state index is -1.89. The van der Waals surface area contributed by atoms with Crippen LogP contribution >= 0.6 is 273 Å². The van der Waals surface area contributed by atoms with E-state index in [2.05, 4.69) is 199 Å². The Morgan fingerprint density at radius 2 is 1.22 bits per heavy atom. The van der Waals surface area contributed by atoms with Crippen molar-refractivity contribution in [3.63, 3.8) is 0 Å². The van der Waals surface area contributed by atoms with E-state index in [-0.39, 0.29) is 75.3 Å². The number of ether oxygens (including phenoxy) is 8. The summed E-state index contributed by atoms with van der Waals surface area (Å²) >= 11 is 51.5. The fraction of sp³-hybridized carbons (Fsp3) is 0.660. The van der Waals surface area contributed by atoms with E-state index in [1.54, 1.807) is 33.2 Å². The van der Waals surface area contributed by atoms with Gasteiger partial charge >= 0.3 is 5.97 Å². The molecule has 3 saturated heterocycles. The summed E-state index contributed by atoms with van der Waals surface area (Å²) in [6.45, 7) is 14.5. The van der Waals surface area contributed by atoms with E-state index in [0.717, 1.165) is 96.5 Å². The first kappa shape index (κ1) is 90.3. The van der Waals surface area contributed by atoms with E-state index in [0.29, 0.717) is 43.5 Å². The van der Waals surface area contributed by atoms with Gasteiger partial charge in [0.1, 0.15) is 57.7 Å². The van der Waals surface area contributed by atoms with Crippen LogP contribution in [0, 0.1) is 4.93 Å². The van der Waals surface area contributed by atoms with Gasteiger partial charge in [-0.2, -0.15) is 0 Å². The van der Waals surface area contributed by atoms with E-state index in [1.165, 1.54) is 54.2 Å². The third kappa shape index (κ3) is 35.2. The number of carbonyl (C=O) groups is 1. The number of thiazole rings is 5. The van der Waals surface area contributed by atoms with Crippen LogP contribution in [0.25, 0.3) is 0 Å². The standard InChI is InChI=1S/C16H27Cl2NO3SSi.C10H14ClNO3S.C10H13NO3S.C6H5NO3S.C3HCl2NS.CHI3.CH2I2.CH3I.CH2I.CH4.V/c1-16(2,3)24(4,5)21-10-11(13-14(17)19-15(18)23-13)22-12-8-6-7-9-20-12;11-10-9(16-6-12-10)7(5-13)15-8-3-1-2-4-14-8;1-2-4-12-8(3-1)14-7-5-13-10-9(7)15-6-11-10;8-6(9)3-1-10-5-4(3)11-2-7-5;4-2-1-7-3(5)6-2;2-1(3)4;2-1-3;2*1-2;;/h11-12H,6-10H2,1-5H3;6-8,13H,1-5H2;6-8H,1-5H2;2-3H,1H2,(H,8,9);1H;1H;1H2;1H3;1H2;1H4;/q;;;;;;;;-1;;. The van der Waals surface area contributed by atoms with Crippen molar-refractivity contribution in [2.75, 3.05) is 53.6 Å². The molecule has 0 saturated carbocycles. The van der Waals surface area contributed by atoms with Crippen molar-refractivity contribution >= 4 is 287 Å². The van der Waals surface area contributed by atoms with E-state index in [1.807, 2.05) is 27.5 Å². The number of hydrogen-bond donors (Lipinski definition) is 2. The number of alkyl halides is 6. The third-order valence-electron chi connectivity index (χ3n) is 11.9. The molecule has 10 rings (SSSR count). The fourth-order valence-corrected chi connectivity index (χ4v) is 13.0. The summed E-state index contributed by atoms with van der Waals surface area (Å²) in [4.78, 5) is 38.8. The van der Waals surface area contributed by atoms with Crippen LogP contribution in [-0.2, 0) is 56.2 Å². The molecule has 0 amide bonds. The molecule has 5 aliphatic heterocycles. The Morgan fingerprint density at radius 3 is 1.63 bits per heavy atom. The summed E-state index contributed by atoms with van der Waals surface area (Å²) in [7, 11) is -1.89. The number of aliphatic hydroxyl groups excluding tert-OH is 1. The molecule has 0 bridgehead atoms. The van der Waals surface area contributed by atoms with E-state index in [4.69, 9.17) is 105 Å². The van der Waals surface area contributed by atoms with Crippen LogP contribution in [-0.4, -0.2) is 122 Å². The van der Waals surface area contributed by atoms with Crippen LogP contribution in [0.1, 0.15) is 130 Å². The molecule has 0 aliphatic carbocycles. The van der Waals surface area contributed by atoms with Crippen LogP contribution in [0.15, 0.2) is 21.9 Å². The number of nitrogens with zero attached hydrogens (tertiary/aromatic N) is 5. The Labute approximate surface area is 660 Å². The van der Waals surface area contributed by atoms with Crippen LogP contribution in [0.2, 0.25) is 42.5 Å². The number of carboxylic acids is 1. The fourth-order valence-electron chi connectivity index (χ4n) is 6.95. The molecule has 0 aromatic carbocycles. The molecule has 2 N–H and O–H groups in total. The van der Waals surface area contributed by atoms with Gasteiger partial charge in [-0.15, -0.1) is 56.7 Å². The molecule has 17 nitrogen and oxygen atoms in total. The number of fused-ring (bicyclic) bond motifs is 2. The predicted octanol–water partition coefficient (Wildman–Crippen LogP) is 21.0. The Bertz CT molecular complexity index is 2500. The maximum absolute atomic E-state index is 10.6. The summed E-state index contributed by atoms with van der Waals surface area (Å²) in [5.74, 6) is -0.117. The summed E-state index contributed by atoms with van der Waals surface area (Å²) in [6, 6.07) is 0. The molecule has 36 heteroatoms. The number of aliphatic hydroxyl groups is 1. The van der Waals surface area contributed by atoms with Crippen molar-refractivity contribution in [3.8, 4) is 11.8 Å². The zero-order chi connectivity index (χ0) is 62.8. The molecule has 10 heterocycles. The first-order valence-corrected chi connectivity index (χ1v) is 44.9. The zero-order valence-electron chi connectivity index (χ0n) is 46.9. The van der Waals surface area contributed by atoms with E-state index >= 15 is 0 Å². The molecule has 0 spiro atoms. The average Bonchev–Trinajstić information content (AvgIpc) is 2.35. The first-order valence-electron chi connectivity index (χ1n) is 25.3. The maximum Gasteiger partial charge on any atom is 0.315 e. The second-order valence-corrected chi connectivity index (χ2v) is 45.4. The Morgan fingerprint density at radius 1 is 0.733 bits per heavy atom. The Kier molecular flexibility index (Phi) is 54.0. The first-order chi connectivity index (χ1) is 40.1. The van der Waals surface area contributed by atoms with Gasteiger partial charge in [-0.25, -0.2) is 24.9 Å². The van der Waals surface area contributed by atoms with Gasteiger partial charge in [0.25, 0.3) is 0 Å². The summed E-state index contributed by atoms with van der Waals surface area (Å²) in [5.41, 5.74) is 5.03. The minimum absolute atomic E-state index is 0. The second-order valence-electron chi connectivity index (χ2n) is 18.5. The van der Waals surface area contributed by atoms with Crippen LogP contribution in [0.3, 0.4) is 0 Å². The van der Waals surface area contributed by atoms with Crippen molar-refractivity contribution in [3.05, 3.63) is 70.7 Å². The largest absolute Gasteiger partial charge is 0.481 e. The second kappa shape index (κ2) is 51.4. The topological polar surface area (TPSA) is 205 Å². The molecule has 5 aromatic rings. The quantitative estimate of drug-likeness (QED) is 0.0487. The normalized spacial score (nSPS) is 19.6. The molecule has 7 atom stereocenters. The molecule has 5 aliphatic rings. The average molecular weight is 2240 g/mol. The van der Waals surface area contributed by atoms with Gasteiger partial charge in [0.2, 0.25) is 11.8 Å². The smallest absolute Gasteiger partial charge is 0.315 e. The van der Waals surface area contributed by atoms with Crippen molar-refractivity contribution in [2.24, 2.45) is 0 Å². The molecular formula is C50H72Cl5I7N5O12S5SiV-. The molecule has 86 heavy (non-hydrogen) atoms. The molecule has 3 fully saturated rings. The van der Waals surface area contributed by atoms with Crippen molar-refractivity contribution in [2.45, 2.75) is 147 Å². The van der Waals surface area contributed by atoms with E-state index < -0.39 is 26.3 Å². The molecule has 493 valence electrons. The maximum atomic E-state index is 10.6. The summed E-state index contributed by atoms with van der Waals surface area (Å²) < 4.78 is 54.1. The van der Waals surface area contributed by atoms with Crippen molar-refractivity contribution < 1.29 is 75.9 Å². The van der Waals surface area contributed by atoms with Crippen LogP contribution in [0.4, 0.5) is 0 Å². The van der Waals surface area contributed by atoms with Crippen LogP contribution in [0.5, 0.6) is 11.8 Å². The summed E-state index contributed by atoms with van der Waals surface area (Å²) in [5, 5.41) is 21.1. The molecule has 7 unspecified atom stereocenters. The Hall–Kier alpha value is 4.26. The SMILES string of the molecule is C.CC(C)(C)[Si](C)(C)OCC(OC1CCCCO1)c1sc(Cl)nc1Cl.CI.Clc1csc(Cl)n1.IC(I)I.ICI.O=C(O)C1COc2ncsc21.OCC(OC1CCCCO1)c1scnc1Cl.[CH2-]I.[V].c1nc2c(s1)C(OC1CCCCO1)CO2. The Balaban J connectivity index is 0.00000104. The molecule has 5 aromatic heterocycles. The van der Waals surface area contributed by atoms with Gasteiger partial charge in [0, 0.05) is 43.8 Å². The molecular weight excluding hydrogens is 2170 g/mol. The van der Waals surface area contributed by atoms with E-state index in [9.17, 15) is 9.90 Å². The van der Waals surface area contributed by atoms with Gasteiger partial charge in [0.15, 0.2) is 36.1 Å². The minimum Gasteiger partial charge on any atom is -0.481 e. The number of carboxylic acid groups (broad SMARTS) is 1. The number of aliphatic carboxylic acids is 1. The third-order valence-corrected chi connectivity index (χ3v) is 22.5. The van der Waals surface area contributed by atoms with Gasteiger partial charge in [0.05, 0.1) is 46.8 Å². The van der Waals surface area contributed by atoms with Gasteiger partial charge in [-0.1, -0.05) is 222 Å². The zero-order valence-corrected chi connectivity index (χ0v) is 72.3. The van der Waals surface area contributed by atoms with Gasteiger partial charge in [-0.05, 0) is 80.9 Å². The van der Waals surface area contributed by atoms with Gasteiger partial charge in [-0.3, -0.25) is 9.73 Å². The summed E-state index contributed by atoms with van der Waals surface area (Å²) in [6.07, 6.45) is 8.23. The van der Waals surface area contributed by atoms with Crippen LogP contribution < -0.4 is 9.47 Å². The monoisotopic (exact) mass is 2240 g/mol. The van der Waals surface area contributed by atoms with Crippen molar-refractivity contribution in [1.82, 2.24) is 24.9 Å². The molecule has 1 radical (unpaired) electrons. The number of aromatic nitrogens is 5. The van der Waals surface area contributed by atoms with Gasteiger partial charge < -0.3 is 75.1 Å². The predicted molar refractivity (Wildman–Crippen MR) is 414 cm³/mol. The number of rotatable bonds is 13. The number of halogens is 12. The number of hydrogen-bond acceptors (Lipinski definition) is 21. The van der Waals surface area contributed by atoms with Crippen molar-refractivity contribution in [1.29, 1.82) is 0 Å².